The largest absolute Gasteiger partial charge is 0.478 e. The molecule has 2 aromatic rings. The number of pyridine rings is 1. The Kier molecular flexibility index (Phi) is 4.41. The first kappa shape index (κ1) is 15.9. The van der Waals surface area contributed by atoms with Gasteiger partial charge >= 0.3 is 5.97 Å². The molecule has 6 nitrogen and oxygen atoms in total. The number of halogens is 1. The summed E-state index contributed by atoms with van der Waals surface area (Å²) in [5.41, 5.74) is 0.607. The molecule has 2 N–H and O–H groups in total. The number of carbonyl (C=O) groups excluding carboxylic acids is 1. The number of carboxylic acid groups (broad SMARTS) is 1. The molecule has 0 bridgehead atoms. The van der Waals surface area contributed by atoms with Crippen LogP contribution in [0.1, 0.15) is 33.6 Å². The first-order valence-electron chi connectivity index (χ1n) is 7.60. The number of aromatic nitrogens is 1. The van der Waals surface area contributed by atoms with Crippen LogP contribution in [-0.2, 0) is 0 Å². The van der Waals surface area contributed by atoms with E-state index in [4.69, 9.17) is 0 Å². The summed E-state index contributed by atoms with van der Waals surface area (Å²) >= 11 is 0. The smallest absolute Gasteiger partial charge is 0.339 e. The molecule has 0 aliphatic carbocycles. The number of aromatic carboxylic acids is 1. The third-order valence-corrected chi connectivity index (χ3v) is 3.87. The van der Waals surface area contributed by atoms with Crippen molar-refractivity contribution in [2.24, 2.45) is 0 Å². The summed E-state index contributed by atoms with van der Waals surface area (Å²) < 4.78 is 12.9. The number of anilines is 2. The first-order chi connectivity index (χ1) is 11.5. The van der Waals surface area contributed by atoms with Crippen molar-refractivity contribution in [2.45, 2.75) is 12.8 Å². The van der Waals surface area contributed by atoms with E-state index in [2.05, 4.69) is 10.3 Å². The van der Waals surface area contributed by atoms with E-state index in [1.54, 1.807) is 0 Å². The zero-order valence-electron chi connectivity index (χ0n) is 12.8. The summed E-state index contributed by atoms with van der Waals surface area (Å²) in [7, 11) is 0. The van der Waals surface area contributed by atoms with Crippen LogP contribution in [-0.4, -0.2) is 35.1 Å². The second-order valence-corrected chi connectivity index (χ2v) is 5.56. The molecule has 0 atom stereocenters. The molecule has 0 radical (unpaired) electrons. The zero-order valence-corrected chi connectivity index (χ0v) is 12.8. The number of hydrogen-bond acceptors (Lipinski definition) is 4. The maximum absolute atomic E-state index is 12.9. The lowest BCUT2D eigenvalue weighted by atomic mass is 10.2. The molecule has 1 aliphatic rings. The highest BCUT2D eigenvalue weighted by Gasteiger charge is 2.21. The van der Waals surface area contributed by atoms with E-state index in [9.17, 15) is 19.1 Å². The Morgan fingerprint density at radius 1 is 1.17 bits per heavy atom. The molecule has 1 fully saturated rings. The van der Waals surface area contributed by atoms with Crippen LogP contribution in [0.15, 0.2) is 36.5 Å². The third-order valence-electron chi connectivity index (χ3n) is 3.87. The summed E-state index contributed by atoms with van der Waals surface area (Å²) in [4.78, 5) is 29.8. The van der Waals surface area contributed by atoms with Crippen molar-refractivity contribution in [3.63, 3.8) is 0 Å². The number of rotatable bonds is 4. The average Bonchev–Trinajstić information content (AvgIpc) is 3.09. The van der Waals surface area contributed by atoms with Crippen molar-refractivity contribution >= 4 is 23.4 Å². The molecule has 1 aliphatic heterocycles. The Morgan fingerprint density at radius 2 is 1.83 bits per heavy atom. The van der Waals surface area contributed by atoms with Crippen molar-refractivity contribution in [3.05, 3.63) is 53.5 Å². The first-order valence-corrected chi connectivity index (χ1v) is 7.60. The van der Waals surface area contributed by atoms with Crippen molar-refractivity contribution in [1.82, 2.24) is 4.98 Å². The second kappa shape index (κ2) is 6.66. The summed E-state index contributed by atoms with van der Waals surface area (Å²) in [6.07, 6.45) is 3.44. The van der Waals surface area contributed by atoms with Gasteiger partial charge in [0.05, 0.1) is 11.9 Å². The van der Waals surface area contributed by atoms with Crippen LogP contribution in [0, 0.1) is 5.82 Å². The Morgan fingerprint density at radius 3 is 2.46 bits per heavy atom. The normalized spacial score (nSPS) is 13.8. The van der Waals surface area contributed by atoms with Gasteiger partial charge in [-0.3, -0.25) is 4.79 Å². The fourth-order valence-corrected chi connectivity index (χ4v) is 2.67. The van der Waals surface area contributed by atoms with Gasteiger partial charge in [-0.15, -0.1) is 0 Å². The van der Waals surface area contributed by atoms with Gasteiger partial charge in [-0.2, -0.15) is 0 Å². The van der Waals surface area contributed by atoms with Gasteiger partial charge in [-0.25, -0.2) is 14.2 Å². The van der Waals surface area contributed by atoms with Crippen molar-refractivity contribution < 1.29 is 19.1 Å². The number of nitrogens with one attached hydrogen (secondary N) is 1. The van der Waals surface area contributed by atoms with Gasteiger partial charge in [0, 0.05) is 18.7 Å². The molecule has 1 amide bonds. The fraction of sp³-hybridized carbons (Fsp3) is 0.235. The fourth-order valence-electron chi connectivity index (χ4n) is 2.67. The van der Waals surface area contributed by atoms with E-state index in [1.807, 2.05) is 4.90 Å². The van der Waals surface area contributed by atoms with Crippen LogP contribution in [0.4, 0.5) is 15.9 Å². The molecule has 3 rings (SSSR count). The quantitative estimate of drug-likeness (QED) is 0.901. The number of amides is 1. The van der Waals surface area contributed by atoms with E-state index in [0.717, 1.165) is 25.9 Å². The van der Waals surface area contributed by atoms with Gasteiger partial charge in [-0.1, -0.05) is 0 Å². The number of benzene rings is 1. The third kappa shape index (κ3) is 3.34. The number of nitrogens with zero attached hydrogens (tertiary/aromatic N) is 2. The number of hydrogen-bond donors (Lipinski definition) is 2. The number of carbonyl (C=O) groups is 2. The summed E-state index contributed by atoms with van der Waals surface area (Å²) in [6, 6.07) is 6.48. The van der Waals surface area contributed by atoms with Crippen molar-refractivity contribution in [2.75, 3.05) is 23.3 Å². The topological polar surface area (TPSA) is 82.5 Å². The Hall–Kier alpha value is -2.96. The lowest BCUT2D eigenvalue weighted by Crippen LogP contribution is -2.22. The molecule has 1 aromatic carbocycles. The predicted molar refractivity (Wildman–Crippen MR) is 87.0 cm³/mol. The van der Waals surface area contributed by atoms with Gasteiger partial charge in [0.2, 0.25) is 0 Å². The van der Waals surface area contributed by atoms with Crippen LogP contribution >= 0.6 is 0 Å². The summed E-state index contributed by atoms with van der Waals surface area (Å²) in [5.74, 6) is -1.57. The molecule has 2 heterocycles. The lowest BCUT2D eigenvalue weighted by molar-refractivity contribution is 0.0697. The van der Waals surface area contributed by atoms with Crippen LogP contribution in [0.5, 0.6) is 0 Å². The molecule has 0 spiro atoms. The van der Waals surface area contributed by atoms with Crippen LogP contribution < -0.4 is 10.2 Å². The zero-order chi connectivity index (χ0) is 17.1. The minimum Gasteiger partial charge on any atom is -0.478 e. The van der Waals surface area contributed by atoms with Gasteiger partial charge in [0.1, 0.15) is 17.2 Å². The van der Waals surface area contributed by atoms with Gasteiger partial charge in [-0.05, 0) is 43.2 Å². The minimum absolute atomic E-state index is 0.0498. The van der Waals surface area contributed by atoms with E-state index in [1.165, 1.54) is 36.5 Å². The molecule has 124 valence electrons. The monoisotopic (exact) mass is 329 g/mol. The Labute approximate surface area is 137 Å². The number of carboxylic acids is 1. The predicted octanol–water partition coefficient (Wildman–Crippen LogP) is 2.77. The standard InChI is InChI=1S/C17H16FN3O3/c18-12-5-3-11(4-6-12)16(22)20-13-9-14(17(23)24)15(19-10-13)21-7-1-2-8-21/h3-6,9-10H,1-2,7-8H2,(H,20,22)(H,23,24). The Bertz CT molecular complexity index is 771. The SMILES string of the molecule is O=C(Nc1cnc(N2CCCC2)c(C(=O)O)c1)c1ccc(F)cc1. The molecule has 0 saturated carbocycles. The Balaban J connectivity index is 1.83. The van der Waals surface area contributed by atoms with Gasteiger partial charge in [0.15, 0.2) is 0 Å². The highest BCUT2D eigenvalue weighted by Crippen LogP contribution is 2.25. The average molecular weight is 329 g/mol. The molecule has 1 aromatic heterocycles. The van der Waals surface area contributed by atoms with Crippen molar-refractivity contribution in [1.29, 1.82) is 0 Å². The highest BCUT2D eigenvalue weighted by molar-refractivity contribution is 6.05. The molecule has 24 heavy (non-hydrogen) atoms. The summed E-state index contributed by atoms with van der Waals surface area (Å²) in [6.45, 7) is 1.54. The van der Waals surface area contributed by atoms with Crippen molar-refractivity contribution in [3.8, 4) is 0 Å². The van der Waals surface area contributed by atoms with Gasteiger partial charge in [0.25, 0.3) is 5.91 Å². The van der Waals surface area contributed by atoms with E-state index in [0.29, 0.717) is 5.82 Å². The molecule has 7 heteroatoms. The lowest BCUT2D eigenvalue weighted by Gasteiger charge is -2.19. The van der Waals surface area contributed by atoms with Crippen LogP contribution in [0.25, 0.3) is 0 Å². The van der Waals surface area contributed by atoms with Crippen LogP contribution in [0.2, 0.25) is 0 Å². The molecular weight excluding hydrogens is 313 g/mol. The maximum Gasteiger partial charge on any atom is 0.339 e. The van der Waals surface area contributed by atoms with Gasteiger partial charge < -0.3 is 15.3 Å². The highest BCUT2D eigenvalue weighted by atomic mass is 19.1. The molecule has 0 unspecified atom stereocenters. The van der Waals surface area contributed by atoms with E-state index < -0.39 is 17.7 Å². The second-order valence-electron chi connectivity index (χ2n) is 5.56. The summed E-state index contributed by atoms with van der Waals surface area (Å²) in [5, 5.41) is 12.0. The maximum atomic E-state index is 12.9. The van der Waals surface area contributed by atoms with E-state index in [-0.39, 0.29) is 16.8 Å². The molecular formula is C17H16FN3O3. The minimum atomic E-state index is -1.10. The van der Waals surface area contributed by atoms with E-state index >= 15 is 0 Å². The molecule has 1 saturated heterocycles. The van der Waals surface area contributed by atoms with Crippen LogP contribution in [0.3, 0.4) is 0 Å².